The van der Waals surface area contributed by atoms with E-state index in [1.807, 2.05) is 18.2 Å². The Morgan fingerprint density at radius 1 is 1.10 bits per heavy atom. The fourth-order valence-electron chi connectivity index (χ4n) is 2.85. The molecule has 2 atom stereocenters. The van der Waals surface area contributed by atoms with Crippen LogP contribution in [0.5, 0.6) is 0 Å². The molecule has 0 amide bonds. The molecule has 21 heavy (non-hydrogen) atoms. The first-order chi connectivity index (χ1) is 10.2. The number of hydrogen-bond donors (Lipinski definition) is 2. The maximum absolute atomic E-state index is 13.6. The molecule has 110 valence electrons. The summed E-state index contributed by atoms with van der Waals surface area (Å²) in [4.78, 5) is 0. The molecule has 0 radical (unpaired) electrons. The molecule has 0 bridgehead atoms. The molecule has 1 aliphatic heterocycles. The van der Waals surface area contributed by atoms with Gasteiger partial charge in [-0.15, -0.1) is 0 Å². The second kappa shape index (κ2) is 6.33. The highest BCUT2D eigenvalue weighted by Gasteiger charge is 2.27. The summed E-state index contributed by atoms with van der Waals surface area (Å²) < 4.78 is 26.8. The van der Waals surface area contributed by atoms with Crippen molar-refractivity contribution in [2.45, 2.75) is 25.0 Å². The van der Waals surface area contributed by atoms with Gasteiger partial charge in [0.05, 0.1) is 0 Å². The standard InChI is InChI=1S/C17H18F2N2/c18-14-6-7-15(19)13(10-14)11-21-16-8-9-20-17(16)12-4-2-1-3-5-12/h1-7,10,16-17,20-21H,8-9,11H2/t16-,17-/m0/s1. The van der Waals surface area contributed by atoms with Gasteiger partial charge in [0.15, 0.2) is 0 Å². The maximum Gasteiger partial charge on any atom is 0.127 e. The monoisotopic (exact) mass is 288 g/mol. The fraction of sp³-hybridized carbons (Fsp3) is 0.294. The predicted molar refractivity (Wildman–Crippen MR) is 78.8 cm³/mol. The molecule has 1 saturated heterocycles. The van der Waals surface area contributed by atoms with Crippen molar-refractivity contribution < 1.29 is 8.78 Å². The molecule has 1 heterocycles. The van der Waals surface area contributed by atoms with E-state index in [2.05, 4.69) is 22.8 Å². The lowest BCUT2D eigenvalue weighted by molar-refractivity contribution is 0.453. The maximum atomic E-state index is 13.6. The summed E-state index contributed by atoms with van der Waals surface area (Å²) in [5.74, 6) is -0.775. The second-order valence-corrected chi connectivity index (χ2v) is 5.35. The van der Waals surface area contributed by atoms with Crippen LogP contribution in [-0.4, -0.2) is 12.6 Å². The Balaban J connectivity index is 1.68. The average Bonchev–Trinajstić information content (AvgIpc) is 2.97. The van der Waals surface area contributed by atoms with E-state index in [4.69, 9.17) is 0 Å². The largest absolute Gasteiger partial charge is 0.309 e. The Morgan fingerprint density at radius 3 is 2.71 bits per heavy atom. The quantitative estimate of drug-likeness (QED) is 0.903. The topological polar surface area (TPSA) is 24.1 Å². The Hall–Kier alpha value is -1.78. The first-order valence-corrected chi connectivity index (χ1v) is 7.19. The van der Waals surface area contributed by atoms with Crippen molar-refractivity contribution in [1.82, 2.24) is 10.6 Å². The van der Waals surface area contributed by atoms with Crippen molar-refractivity contribution in [2.24, 2.45) is 0 Å². The first-order valence-electron chi connectivity index (χ1n) is 7.19. The summed E-state index contributed by atoms with van der Waals surface area (Å²) in [5, 5.41) is 6.80. The highest BCUT2D eigenvalue weighted by Crippen LogP contribution is 2.24. The molecule has 0 aromatic heterocycles. The number of rotatable bonds is 4. The summed E-state index contributed by atoms with van der Waals surface area (Å²) >= 11 is 0. The summed E-state index contributed by atoms with van der Waals surface area (Å²) in [7, 11) is 0. The minimum absolute atomic E-state index is 0.211. The van der Waals surface area contributed by atoms with E-state index < -0.39 is 5.82 Å². The van der Waals surface area contributed by atoms with Crippen molar-refractivity contribution in [2.75, 3.05) is 6.54 Å². The molecule has 0 spiro atoms. The molecular formula is C17H18F2N2. The lowest BCUT2D eigenvalue weighted by Gasteiger charge is -2.21. The van der Waals surface area contributed by atoms with Gasteiger partial charge in [-0.05, 0) is 36.7 Å². The summed E-state index contributed by atoms with van der Waals surface area (Å²) in [6.07, 6.45) is 0.969. The van der Waals surface area contributed by atoms with Crippen LogP contribution in [0.2, 0.25) is 0 Å². The van der Waals surface area contributed by atoms with Crippen molar-refractivity contribution in [1.29, 1.82) is 0 Å². The average molecular weight is 288 g/mol. The van der Waals surface area contributed by atoms with Crippen LogP contribution in [0.25, 0.3) is 0 Å². The summed E-state index contributed by atoms with van der Waals surface area (Å²) in [6, 6.07) is 14.2. The van der Waals surface area contributed by atoms with Crippen LogP contribution in [0.4, 0.5) is 8.78 Å². The third-order valence-corrected chi connectivity index (χ3v) is 3.94. The van der Waals surface area contributed by atoms with Gasteiger partial charge in [0.2, 0.25) is 0 Å². The van der Waals surface area contributed by atoms with E-state index >= 15 is 0 Å². The molecule has 2 nitrogen and oxygen atoms in total. The van der Waals surface area contributed by atoms with Crippen LogP contribution in [0, 0.1) is 11.6 Å². The minimum atomic E-state index is -0.405. The predicted octanol–water partition coefficient (Wildman–Crippen LogP) is 3.16. The molecule has 0 aliphatic carbocycles. The van der Waals surface area contributed by atoms with E-state index in [0.29, 0.717) is 12.1 Å². The SMILES string of the molecule is Fc1ccc(F)c(CN[C@H]2CCN[C@H]2c2ccccc2)c1. The summed E-state index contributed by atoms with van der Waals surface area (Å²) in [6.45, 7) is 1.25. The van der Waals surface area contributed by atoms with Gasteiger partial charge in [-0.1, -0.05) is 30.3 Å². The van der Waals surface area contributed by atoms with Crippen LogP contribution >= 0.6 is 0 Å². The molecule has 4 heteroatoms. The number of nitrogens with one attached hydrogen (secondary N) is 2. The van der Waals surface area contributed by atoms with Crippen LogP contribution in [0.15, 0.2) is 48.5 Å². The van der Waals surface area contributed by atoms with Gasteiger partial charge in [-0.2, -0.15) is 0 Å². The lowest BCUT2D eigenvalue weighted by atomic mass is 10.0. The third-order valence-electron chi connectivity index (χ3n) is 3.94. The van der Waals surface area contributed by atoms with E-state index in [1.165, 1.54) is 17.7 Å². The number of benzene rings is 2. The Bertz CT molecular complexity index is 601. The van der Waals surface area contributed by atoms with Gasteiger partial charge in [-0.25, -0.2) is 8.78 Å². The smallest absolute Gasteiger partial charge is 0.127 e. The molecule has 2 aromatic carbocycles. The minimum Gasteiger partial charge on any atom is -0.309 e. The zero-order valence-electron chi connectivity index (χ0n) is 11.7. The lowest BCUT2D eigenvalue weighted by Crippen LogP contribution is -2.34. The van der Waals surface area contributed by atoms with Crippen LogP contribution in [0.3, 0.4) is 0 Å². The van der Waals surface area contributed by atoms with Gasteiger partial charge in [0.1, 0.15) is 11.6 Å². The Labute approximate surface area is 123 Å². The number of halogens is 2. The van der Waals surface area contributed by atoms with Gasteiger partial charge in [0.25, 0.3) is 0 Å². The molecule has 3 rings (SSSR count). The zero-order chi connectivity index (χ0) is 14.7. The van der Waals surface area contributed by atoms with Crippen LogP contribution < -0.4 is 10.6 Å². The van der Waals surface area contributed by atoms with Crippen molar-refractivity contribution in [3.63, 3.8) is 0 Å². The van der Waals surface area contributed by atoms with E-state index in [-0.39, 0.29) is 17.9 Å². The molecule has 0 unspecified atom stereocenters. The highest BCUT2D eigenvalue weighted by atomic mass is 19.1. The molecule has 1 fully saturated rings. The second-order valence-electron chi connectivity index (χ2n) is 5.35. The molecule has 2 aromatic rings. The van der Waals surface area contributed by atoms with Gasteiger partial charge in [-0.3, -0.25) is 0 Å². The van der Waals surface area contributed by atoms with Gasteiger partial charge < -0.3 is 10.6 Å². The first kappa shape index (κ1) is 14.2. The van der Waals surface area contributed by atoms with Gasteiger partial charge >= 0.3 is 0 Å². The molecule has 1 aliphatic rings. The Morgan fingerprint density at radius 2 is 1.90 bits per heavy atom. The van der Waals surface area contributed by atoms with Crippen molar-refractivity contribution in [3.8, 4) is 0 Å². The van der Waals surface area contributed by atoms with Crippen LogP contribution in [-0.2, 0) is 6.54 Å². The van der Waals surface area contributed by atoms with Crippen LogP contribution in [0.1, 0.15) is 23.6 Å². The van der Waals surface area contributed by atoms with E-state index in [0.717, 1.165) is 19.0 Å². The van der Waals surface area contributed by atoms with Crippen molar-refractivity contribution >= 4 is 0 Å². The molecular weight excluding hydrogens is 270 g/mol. The normalized spacial score (nSPS) is 21.6. The number of hydrogen-bond acceptors (Lipinski definition) is 2. The zero-order valence-corrected chi connectivity index (χ0v) is 11.7. The molecule has 2 N–H and O–H groups in total. The summed E-state index contributed by atoms with van der Waals surface area (Å²) in [5.41, 5.74) is 1.58. The highest BCUT2D eigenvalue weighted by molar-refractivity contribution is 5.23. The third kappa shape index (κ3) is 3.28. The fourth-order valence-corrected chi connectivity index (χ4v) is 2.85. The van der Waals surface area contributed by atoms with E-state index in [9.17, 15) is 8.78 Å². The van der Waals surface area contributed by atoms with E-state index in [1.54, 1.807) is 0 Å². The molecule has 0 saturated carbocycles. The van der Waals surface area contributed by atoms with Crippen molar-refractivity contribution in [3.05, 3.63) is 71.3 Å². The Kier molecular flexibility index (Phi) is 4.27. The van der Waals surface area contributed by atoms with Gasteiger partial charge in [0, 0.05) is 24.2 Å².